The molecule has 2 rings (SSSR count). The van der Waals surface area contributed by atoms with Crippen LogP contribution in [0.1, 0.15) is 33.8 Å². The summed E-state index contributed by atoms with van der Waals surface area (Å²) in [6.07, 6.45) is 2.62. The number of carboxylic acids is 1. The maximum absolute atomic E-state index is 12.0. The highest BCUT2D eigenvalue weighted by atomic mass is 32.1. The van der Waals surface area contributed by atoms with Gasteiger partial charge in [0.2, 0.25) is 0 Å². The largest absolute Gasteiger partial charge is 0.478 e. The van der Waals surface area contributed by atoms with E-state index < -0.39 is 5.97 Å². The van der Waals surface area contributed by atoms with Gasteiger partial charge < -0.3 is 10.4 Å². The fourth-order valence-corrected chi connectivity index (χ4v) is 2.45. The molecule has 0 aliphatic heterocycles. The summed E-state index contributed by atoms with van der Waals surface area (Å²) >= 11 is 1.40. The molecule has 0 aliphatic carbocycles. The zero-order chi connectivity index (χ0) is 15.2. The van der Waals surface area contributed by atoms with E-state index in [4.69, 9.17) is 5.11 Å². The Morgan fingerprint density at radius 2 is 1.95 bits per heavy atom. The summed E-state index contributed by atoms with van der Waals surface area (Å²) in [4.78, 5) is 23.1. The van der Waals surface area contributed by atoms with E-state index in [1.165, 1.54) is 17.4 Å². The summed E-state index contributed by atoms with van der Waals surface area (Å²) < 4.78 is 0. The molecule has 108 valence electrons. The summed E-state index contributed by atoms with van der Waals surface area (Å²) in [5, 5.41) is 13.4. The van der Waals surface area contributed by atoms with Crippen LogP contribution in [0.5, 0.6) is 0 Å². The average Bonchev–Trinajstić information content (AvgIpc) is 3.00. The third-order valence-electron chi connectivity index (χ3n) is 2.95. The Kier molecular flexibility index (Phi) is 4.90. The first kappa shape index (κ1) is 15.0. The van der Waals surface area contributed by atoms with Crippen LogP contribution in [0.2, 0.25) is 0 Å². The average molecular weight is 301 g/mol. The zero-order valence-electron chi connectivity index (χ0n) is 11.4. The Labute approximate surface area is 126 Å². The summed E-state index contributed by atoms with van der Waals surface area (Å²) in [7, 11) is 0. The predicted molar refractivity (Wildman–Crippen MR) is 83.3 cm³/mol. The van der Waals surface area contributed by atoms with Crippen LogP contribution < -0.4 is 5.32 Å². The number of hydrogen-bond acceptors (Lipinski definition) is 3. The van der Waals surface area contributed by atoms with E-state index >= 15 is 0 Å². The number of carbonyl (C=O) groups is 2. The molecule has 0 saturated carbocycles. The Morgan fingerprint density at radius 3 is 2.52 bits per heavy atom. The monoisotopic (exact) mass is 301 g/mol. The van der Waals surface area contributed by atoms with Crippen molar-refractivity contribution in [2.24, 2.45) is 0 Å². The molecular formula is C16H15NO3S. The van der Waals surface area contributed by atoms with Crippen molar-refractivity contribution in [1.82, 2.24) is 5.32 Å². The molecular weight excluding hydrogens is 286 g/mol. The molecule has 21 heavy (non-hydrogen) atoms. The first-order valence-electron chi connectivity index (χ1n) is 6.41. The van der Waals surface area contributed by atoms with Gasteiger partial charge in [-0.2, -0.15) is 0 Å². The van der Waals surface area contributed by atoms with Crippen molar-refractivity contribution >= 4 is 29.3 Å². The van der Waals surface area contributed by atoms with E-state index in [2.05, 4.69) is 5.32 Å². The minimum absolute atomic E-state index is 0.0904. The van der Waals surface area contributed by atoms with Crippen molar-refractivity contribution in [1.29, 1.82) is 0 Å². The van der Waals surface area contributed by atoms with E-state index in [0.29, 0.717) is 4.88 Å². The van der Waals surface area contributed by atoms with Crippen LogP contribution in [0.15, 0.2) is 47.9 Å². The van der Waals surface area contributed by atoms with Crippen molar-refractivity contribution in [2.75, 3.05) is 0 Å². The fourth-order valence-electron chi connectivity index (χ4n) is 1.82. The Morgan fingerprint density at radius 1 is 1.24 bits per heavy atom. The van der Waals surface area contributed by atoms with Crippen molar-refractivity contribution in [3.63, 3.8) is 0 Å². The van der Waals surface area contributed by atoms with Crippen LogP contribution in [-0.4, -0.2) is 17.0 Å². The zero-order valence-corrected chi connectivity index (χ0v) is 12.3. The van der Waals surface area contributed by atoms with Gasteiger partial charge >= 0.3 is 5.97 Å². The lowest BCUT2D eigenvalue weighted by molar-refractivity contribution is -0.131. The third-order valence-corrected chi connectivity index (χ3v) is 3.82. The molecule has 0 bridgehead atoms. The van der Waals surface area contributed by atoms with Gasteiger partial charge in [0, 0.05) is 6.08 Å². The second-order valence-electron chi connectivity index (χ2n) is 4.51. The van der Waals surface area contributed by atoms with Crippen molar-refractivity contribution < 1.29 is 14.7 Å². The number of nitrogens with one attached hydrogen (secondary N) is 1. The van der Waals surface area contributed by atoms with Crippen molar-refractivity contribution in [3.05, 3.63) is 63.9 Å². The SMILES string of the molecule is CC(NC(=O)c1cccs1)c1ccc(C=CC(=O)O)cc1. The minimum Gasteiger partial charge on any atom is -0.478 e. The molecule has 1 aromatic heterocycles. The summed E-state index contributed by atoms with van der Waals surface area (Å²) in [6, 6.07) is 10.9. The standard InChI is InChI=1S/C16H15NO3S/c1-11(17-16(20)14-3-2-10-21-14)13-7-4-12(5-8-13)6-9-15(18)19/h2-11H,1H3,(H,17,20)(H,18,19). The van der Waals surface area contributed by atoms with Gasteiger partial charge in [-0.3, -0.25) is 4.79 Å². The lowest BCUT2D eigenvalue weighted by Gasteiger charge is -2.13. The maximum atomic E-state index is 12.0. The molecule has 4 nitrogen and oxygen atoms in total. The van der Waals surface area contributed by atoms with E-state index in [0.717, 1.165) is 17.2 Å². The van der Waals surface area contributed by atoms with Gasteiger partial charge in [0.1, 0.15) is 0 Å². The maximum Gasteiger partial charge on any atom is 0.328 e. The van der Waals surface area contributed by atoms with Crippen LogP contribution in [0, 0.1) is 0 Å². The number of amides is 1. The highest BCUT2D eigenvalue weighted by Gasteiger charge is 2.11. The summed E-state index contributed by atoms with van der Waals surface area (Å²) in [5.41, 5.74) is 1.77. The smallest absolute Gasteiger partial charge is 0.328 e. The molecule has 0 spiro atoms. The predicted octanol–water partition coefficient (Wildman–Crippen LogP) is 3.34. The van der Waals surface area contributed by atoms with Gasteiger partial charge in [0.25, 0.3) is 5.91 Å². The molecule has 1 unspecified atom stereocenters. The van der Waals surface area contributed by atoms with Crippen LogP contribution in [0.4, 0.5) is 0 Å². The van der Waals surface area contributed by atoms with Crippen LogP contribution >= 0.6 is 11.3 Å². The molecule has 2 N–H and O–H groups in total. The molecule has 1 amide bonds. The highest BCUT2D eigenvalue weighted by Crippen LogP contribution is 2.16. The molecule has 1 atom stereocenters. The summed E-state index contributed by atoms with van der Waals surface area (Å²) in [6.45, 7) is 1.91. The fraction of sp³-hybridized carbons (Fsp3) is 0.125. The van der Waals surface area contributed by atoms with E-state index in [1.807, 2.05) is 42.6 Å². The normalized spacial score (nSPS) is 12.2. The number of carbonyl (C=O) groups excluding carboxylic acids is 1. The van der Waals surface area contributed by atoms with E-state index in [1.54, 1.807) is 6.07 Å². The lowest BCUT2D eigenvalue weighted by atomic mass is 10.1. The van der Waals surface area contributed by atoms with Gasteiger partial charge in [-0.05, 0) is 35.6 Å². The summed E-state index contributed by atoms with van der Waals surface area (Å²) in [5.74, 6) is -1.07. The molecule has 0 radical (unpaired) electrons. The first-order chi connectivity index (χ1) is 10.1. The van der Waals surface area contributed by atoms with Crippen LogP contribution in [-0.2, 0) is 4.79 Å². The Balaban J connectivity index is 2.01. The Bertz CT molecular complexity index is 645. The van der Waals surface area contributed by atoms with Crippen LogP contribution in [0.25, 0.3) is 6.08 Å². The second-order valence-corrected chi connectivity index (χ2v) is 5.46. The van der Waals surface area contributed by atoms with Crippen molar-refractivity contribution in [3.8, 4) is 0 Å². The number of aliphatic carboxylic acids is 1. The number of rotatable bonds is 5. The number of carboxylic acid groups (broad SMARTS) is 1. The molecule has 1 aromatic carbocycles. The number of thiophene rings is 1. The minimum atomic E-state index is -0.976. The van der Waals surface area contributed by atoms with E-state index in [9.17, 15) is 9.59 Å². The second kappa shape index (κ2) is 6.85. The molecule has 0 saturated heterocycles. The van der Waals surface area contributed by atoms with Crippen LogP contribution in [0.3, 0.4) is 0 Å². The number of benzene rings is 1. The van der Waals surface area contributed by atoms with Gasteiger partial charge in [0.05, 0.1) is 10.9 Å². The topological polar surface area (TPSA) is 66.4 Å². The van der Waals surface area contributed by atoms with Gasteiger partial charge in [0.15, 0.2) is 0 Å². The first-order valence-corrected chi connectivity index (χ1v) is 7.29. The van der Waals surface area contributed by atoms with Gasteiger partial charge in [-0.15, -0.1) is 11.3 Å². The van der Waals surface area contributed by atoms with Gasteiger partial charge in [-0.1, -0.05) is 30.3 Å². The lowest BCUT2D eigenvalue weighted by Crippen LogP contribution is -2.25. The molecule has 0 fully saturated rings. The molecule has 5 heteroatoms. The van der Waals surface area contributed by atoms with Gasteiger partial charge in [-0.25, -0.2) is 4.79 Å². The van der Waals surface area contributed by atoms with E-state index in [-0.39, 0.29) is 11.9 Å². The highest BCUT2D eigenvalue weighted by molar-refractivity contribution is 7.12. The third kappa shape index (κ3) is 4.29. The van der Waals surface area contributed by atoms with Crippen molar-refractivity contribution in [2.45, 2.75) is 13.0 Å². The Hall–Kier alpha value is -2.40. The molecule has 2 aromatic rings. The molecule has 1 heterocycles. The quantitative estimate of drug-likeness (QED) is 0.832. The molecule has 0 aliphatic rings. The number of hydrogen-bond donors (Lipinski definition) is 2.